The van der Waals surface area contributed by atoms with Crippen molar-refractivity contribution in [3.05, 3.63) is 6.92 Å². The van der Waals surface area contributed by atoms with Crippen molar-refractivity contribution in [1.82, 2.24) is 0 Å². The highest BCUT2D eigenvalue weighted by Crippen LogP contribution is 1.98. The van der Waals surface area contributed by atoms with E-state index in [2.05, 4.69) is 6.92 Å². The van der Waals surface area contributed by atoms with Crippen molar-refractivity contribution in [3.63, 3.8) is 0 Å². The maximum absolute atomic E-state index is 8.00. The smallest absolute Gasteiger partial charge is 0.0280 e. The van der Waals surface area contributed by atoms with Gasteiger partial charge in [-0.25, -0.2) is 0 Å². The van der Waals surface area contributed by atoms with E-state index in [-0.39, 0.29) is 5.25 Å². The van der Waals surface area contributed by atoms with E-state index < -0.39 is 0 Å². The molecule has 0 aliphatic carbocycles. The van der Waals surface area contributed by atoms with E-state index in [1.54, 1.807) is 0 Å². The van der Waals surface area contributed by atoms with Crippen LogP contribution in [0.4, 0.5) is 0 Å². The lowest BCUT2D eigenvalue weighted by Gasteiger charge is -1.88. The molecular weight excluding hydrogens is 84.1 g/mol. The monoisotopic (exact) mass is 91.0 g/mol. The summed E-state index contributed by atoms with van der Waals surface area (Å²) < 4.78 is 8.00. The van der Waals surface area contributed by atoms with Crippen molar-refractivity contribution in [2.75, 3.05) is 0 Å². The summed E-state index contributed by atoms with van der Waals surface area (Å²) in [4.78, 5) is 0. The number of hydrogen-bond donors (Lipinski definition) is 1. The van der Waals surface area contributed by atoms with Crippen molar-refractivity contribution in [3.8, 4) is 0 Å². The average molecular weight is 91.2 g/mol. The molecule has 0 aliphatic rings. The van der Waals surface area contributed by atoms with Crippen LogP contribution in [-0.2, 0) is 0 Å². The van der Waals surface area contributed by atoms with Gasteiger partial charge < -0.3 is 4.55 Å². The quantitative estimate of drug-likeness (QED) is 0.492. The minimum absolute atomic E-state index is 0.106. The van der Waals surface area contributed by atoms with Crippen molar-refractivity contribution in [2.24, 2.45) is 0 Å². The lowest BCUT2D eigenvalue weighted by atomic mass is 10.6. The Balaban J connectivity index is 2.54. The van der Waals surface area contributed by atoms with E-state index in [1.807, 2.05) is 6.92 Å². The third-order valence-corrected chi connectivity index (χ3v) is 0.540. The molecule has 0 bridgehead atoms. The largest absolute Gasteiger partial charge is 0.330 e. The van der Waals surface area contributed by atoms with E-state index in [4.69, 9.17) is 4.55 Å². The van der Waals surface area contributed by atoms with Crippen LogP contribution in [0.5, 0.6) is 0 Å². The van der Waals surface area contributed by atoms with Crippen LogP contribution in [0, 0.1) is 6.92 Å². The second-order valence-electron chi connectivity index (χ2n) is 0.916. The van der Waals surface area contributed by atoms with Gasteiger partial charge in [0.15, 0.2) is 0 Å². The Kier molecular flexibility index (Phi) is 2.70. The van der Waals surface area contributed by atoms with Crippen LogP contribution in [0.15, 0.2) is 0 Å². The molecule has 0 amide bonds. The molecule has 1 unspecified atom stereocenters. The molecular formula is C3H7OS. The first-order valence-electron chi connectivity index (χ1n) is 1.40. The van der Waals surface area contributed by atoms with Gasteiger partial charge in [0, 0.05) is 5.25 Å². The van der Waals surface area contributed by atoms with Gasteiger partial charge in [0.1, 0.15) is 0 Å². The first-order chi connectivity index (χ1) is 2.27. The van der Waals surface area contributed by atoms with Gasteiger partial charge in [-0.15, -0.1) is 0 Å². The summed E-state index contributed by atoms with van der Waals surface area (Å²) in [7, 11) is 0. The molecule has 0 rings (SSSR count). The summed E-state index contributed by atoms with van der Waals surface area (Å²) in [5, 5.41) is 0.106. The third kappa shape index (κ3) is 4.31. The van der Waals surface area contributed by atoms with Crippen molar-refractivity contribution >= 4 is 12.0 Å². The third-order valence-electron chi connectivity index (χ3n) is 0.180. The fourth-order valence-corrected chi connectivity index (χ4v) is 0. The van der Waals surface area contributed by atoms with E-state index in [9.17, 15) is 0 Å². The van der Waals surface area contributed by atoms with Crippen molar-refractivity contribution in [2.45, 2.75) is 12.2 Å². The Bertz CT molecular complexity index is 20.9. The molecule has 1 radical (unpaired) electrons. The zero-order chi connectivity index (χ0) is 4.28. The molecule has 1 N–H and O–H groups in total. The molecule has 31 valence electrons. The molecule has 2 heteroatoms. The topological polar surface area (TPSA) is 20.2 Å². The minimum atomic E-state index is 0.106. The molecule has 0 aromatic heterocycles. The van der Waals surface area contributed by atoms with E-state index in [1.165, 1.54) is 0 Å². The molecule has 0 aromatic carbocycles. The standard InChI is InChI=1S/C3H7OS/c1-3(2)5-4/h3-4H,1H2,2H3. The Morgan fingerprint density at radius 1 is 2.00 bits per heavy atom. The van der Waals surface area contributed by atoms with Crippen LogP contribution < -0.4 is 0 Å². The van der Waals surface area contributed by atoms with E-state index in [0.717, 1.165) is 12.0 Å². The van der Waals surface area contributed by atoms with Gasteiger partial charge in [-0.1, -0.05) is 6.92 Å². The van der Waals surface area contributed by atoms with Gasteiger partial charge >= 0.3 is 0 Å². The highest BCUT2D eigenvalue weighted by Gasteiger charge is 1.83. The number of rotatable bonds is 1. The summed E-state index contributed by atoms with van der Waals surface area (Å²) in [6.45, 7) is 5.29. The van der Waals surface area contributed by atoms with Crippen LogP contribution in [0.1, 0.15) is 6.92 Å². The van der Waals surface area contributed by atoms with Gasteiger partial charge in [0.2, 0.25) is 0 Å². The Morgan fingerprint density at radius 3 is 2.20 bits per heavy atom. The highest BCUT2D eigenvalue weighted by atomic mass is 32.2. The number of hydrogen-bond acceptors (Lipinski definition) is 2. The normalized spacial score (nSPS) is 9.60. The molecule has 0 saturated heterocycles. The maximum atomic E-state index is 8.00. The maximum Gasteiger partial charge on any atom is 0.0280 e. The molecule has 0 saturated carbocycles. The van der Waals surface area contributed by atoms with Crippen LogP contribution in [-0.4, -0.2) is 9.80 Å². The first kappa shape index (κ1) is 5.31. The van der Waals surface area contributed by atoms with Crippen molar-refractivity contribution in [1.29, 1.82) is 0 Å². The van der Waals surface area contributed by atoms with E-state index in [0.29, 0.717) is 0 Å². The second-order valence-corrected chi connectivity index (χ2v) is 1.93. The summed E-state index contributed by atoms with van der Waals surface area (Å²) >= 11 is 0.769. The van der Waals surface area contributed by atoms with Gasteiger partial charge in [0.25, 0.3) is 0 Å². The fraction of sp³-hybridized carbons (Fsp3) is 0.667. The van der Waals surface area contributed by atoms with Crippen LogP contribution in [0.25, 0.3) is 0 Å². The molecule has 1 atom stereocenters. The van der Waals surface area contributed by atoms with E-state index >= 15 is 0 Å². The van der Waals surface area contributed by atoms with Crippen LogP contribution in [0.3, 0.4) is 0 Å². The van der Waals surface area contributed by atoms with Crippen molar-refractivity contribution < 1.29 is 4.55 Å². The van der Waals surface area contributed by atoms with Gasteiger partial charge in [-0.05, 0) is 19.0 Å². The lowest BCUT2D eigenvalue weighted by Crippen LogP contribution is -1.80. The summed E-state index contributed by atoms with van der Waals surface area (Å²) in [6.07, 6.45) is 0. The second kappa shape index (κ2) is 2.54. The first-order valence-corrected chi connectivity index (χ1v) is 2.24. The molecule has 0 fully saturated rings. The van der Waals surface area contributed by atoms with Crippen LogP contribution in [0.2, 0.25) is 0 Å². The van der Waals surface area contributed by atoms with Gasteiger partial charge in [-0.3, -0.25) is 0 Å². The Morgan fingerprint density at radius 2 is 2.20 bits per heavy atom. The molecule has 0 spiro atoms. The fourth-order valence-electron chi connectivity index (χ4n) is 0. The molecule has 0 heterocycles. The lowest BCUT2D eigenvalue weighted by molar-refractivity contribution is 0.659. The molecule has 0 aromatic rings. The molecule has 0 aliphatic heterocycles. The summed E-state index contributed by atoms with van der Waals surface area (Å²) in [5.74, 6) is 0. The molecule has 1 nitrogen and oxygen atoms in total. The Hall–Kier alpha value is 0.310. The zero-order valence-corrected chi connectivity index (χ0v) is 3.96. The van der Waals surface area contributed by atoms with Gasteiger partial charge in [-0.2, -0.15) is 0 Å². The zero-order valence-electron chi connectivity index (χ0n) is 3.14. The molecule has 5 heavy (non-hydrogen) atoms. The predicted octanol–water partition coefficient (Wildman–Crippen LogP) is 1.42. The SMILES string of the molecule is [CH2]C(C)SO. The summed E-state index contributed by atoms with van der Waals surface area (Å²) in [5.41, 5.74) is 0. The van der Waals surface area contributed by atoms with Crippen LogP contribution >= 0.6 is 12.0 Å². The summed E-state index contributed by atoms with van der Waals surface area (Å²) in [6, 6.07) is 0. The van der Waals surface area contributed by atoms with Gasteiger partial charge in [0.05, 0.1) is 0 Å². The predicted molar refractivity (Wildman–Crippen MR) is 25.0 cm³/mol. The average Bonchev–Trinajstić information content (AvgIpc) is 1.38. The Labute approximate surface area is 36.6 Å². The minimum Gasteiger partial charge on any atom is -0.330 e. The highest BCUT2D eigenvalue weighted by molar-refractivity contribution is 7.94.